The number of furan rings is 1. The van der Waals surface area contributed by atoms with Crippen LogP contribution in [0.25, 0.3) is 0 Å². The van der Waals surface area contributed by atoms with Crippen molar-refractivity contribution in [1.29, 1.82) is 0 Å². The zero-order chi connectivity index (χ0) is 15.9. The quantitative estimate of drug-likeness (QED) is 0.908. The van der Waals surface area contributed by atoms with Gasteiger partial charge in [-0.15, -0.1) is 0 Å². The van der Waals surface area contributed by atoms with Gasteiger partial charge in [0.25, 0.3) is 0 Å². The molecule has 22 heavy (non-hydrogen) atoms. The van der Waals surface area contributed by atoms with Crippen LogP contribution in [0.4, 0.5) is 0 Å². The van der Waals surface area contributed by atoms with Gasteiger partial charge in [0.1, 0.15) is 16.4 Å². The minimum atomic E-state index is -3.63. The molecule has 2 heterocycles. The summed E-state index contributed by atoms with van der Waals surface area (Å²) in [5, 5.41) is 10.2. The molecule has 2 fully saturated rings. The fourth-order valence-corrected chi connectivity index (χ4v) is 5.51. The Morgan fingerprint density at radius 1 is 1.32 bits per heavy atom. The number of aliphatic hydroxyl groups excluding tert-OH is 1. The predicted molar refractivity (Wildman–Crippen MR) is 80.0 cm³/mol. The zero-order valence-corrected chi connectivity index (χ0v) is 13.8. The summed E-state index contributed by atoms with van der Waals surface area (Å²) in [4.78, 5) is 0.226. The van der Waals surface area contributed by atoms with Gasteiger partial charge in [-0.05, 0) is 32.8 Å². The van der Waals surface area contributed by atoms with Gasteiger partial charge in [0.2, 0.25) is 10.0 Å². The second-order valence-corrected chi connectivity index (χ2v) is 8.06. The highest BCUT2D eigenvalue weighted by atomic mass is 32.2. The molecule has 0 amide bonds. The Labute approximate surface area is 131 Å². The molecular weight excluding hydrogens is 306 g/mol. The fourth-order valence-electron chi connectivity index (χ4n) is 3.65. The summed E-state index contributed by atoms with van der Waals surface area (Å²) in [7, 11) is -3.63. The van der Waals surface area contributed by atoms with E-state index in [1.54, 1.807) is 19.9 Å². The summed E-state index contributed by atoms with van der Waals surface area (Å²) in [6.07, 6.45) is 2.06. The maximum absolute atomic E-state index is 13.0. The Hall–Kier alpha value is -0.890. The summed E-state index contributed by atoms with van der Waals surface area (Å²) in [6, 6.07) is 1.27. The lowest BCUT2D eigenvalue weighted by molar-refractivity contribution is -0.0148. The molecule has 1 saturated heterocycles. The Morgan fingerprint density at radius 3 is 2.68 bits per heavy atom. The van der Waals surface area contributed by atoms with E-state index in [2.05, 4.69) is 0 Å². The number of aliphatic hydroxyl groups is 1. The summed E-state index contributed by atoms with van der Waals surface area (Å²) in [6.45, 7) is 4.45. The summed E-state index contributed by atoms with van der Waals surface area (Å²) < 4.78 is 38.4. The first kappa shape index (κ1) is 16.0. The van der Waals surface area contributed by atoms with Crippen LogP contribution in [-0.2, 0) is 14.8 Å². The Kier molecular flexibility index (Phi) is 4.33. The Balaban J connectivity index is 1.94. The van der Waals surface area contributed by atoms with E-state index in [4.69, 9.17) is 9.15 Å². The molecule has 7 heteroatoms. The first-order chi connectivity index (χ1) is 10.4. The summed E-state index contributed by atoms with van der Waals surface area (Å²) >= 11 is 0. The van der Waals surface area contributed by atoms with Gasteiger partial charge in [0, 0.05) is 12.5 Å². The van der Waals surface area contributed by atoms with Crippen molar-refractivity contribution >= 4 is 10.0 Å². The Morgan fingerprint density at radius 2 is 2.09 bits per heavy atom. The summed E-state index contributed by atoms with van der Waals surface area (Å²) in [5.41, 5.74) is 0. The maximum Gasteiger partial charge on any atom is 0.246 e. The summed E-state index contributed by atoms with van der Waals surface area (Å²) in [5.74, 6) is 0.944. The lowest BCUT2D eigenvalue weighted by Crippen LogP contribution is -2.53. The van der Waals surface area contributed by atoms with E-state index < -0.39 is 16.1 Å². The number of rotatable bonds is 3. The second-order valence-electron chi connectivity index (χ2n) is 6.20. The first-order valence-electron chi connectivity index (χ1n) is 7.76. The molecule has 1 aliphatic carbocycles. The van der Waals surface area contributed by atoms with Crippen molar-refractivity contribution in [3.8, 4) is 0 Å². The number of nitrogens with zero attached hydrogens (tertiary/aromatic N) is 1. The van der Waals surface area contributed by atoms with Crippen LogP contribution in [0, 0.1) is 19.8 Å². The number of hydrogen-bond donors (Lipinski definition) is 1. The Bertz CT molecular complexity index is 638. The third kappa shape index (κ3) is 2.71. The molecule has 0 bridgehead atoms. The molecule has 3 unspecified atom stereocenters. The van der Waals surface area contributed by atoms with Gasteiger partial charge in [-0.3, -0.25) is 0 Å². The van der Waals surface area contributed by atoms with E-state index in [1.165, 1.54) is 4.31 Å². The van der Waals surface area contributed by atoms with Crippen LogP contribution in [-0.4, -0.2) is 49.7 Å². The van der Waals surface area contributed by atoms with Crippen molar-refractivity contribution in [3.63, 3.8) is 0 Å². The van der Waals surface area contributed by atoms with Crippen LogP contribution >= 0.6 is 0 Å². The minimum Gasteiger partial charge on any atom is -0.465 e. The molecule has 2 aliphatic rings. The lowest BCUT2D eigenvalue weighted by atomic mass is 9.96. The maximum atomic E-state index is 13.0. The van der Waals surface area contributed by atoms with E-state index in [-0.39, 0.29) is 16.9 Å². The smallest absolute Gasteiger partial charge is 0.246 e. The number of aryl methyl sites for hydroxylation is 2. The van der Waals surface area contributed by atoms with Crippen LogP contribution in [0.5, 0.6) is 0 Å². The van der Waals surface area contributed by atoms with E-state index in [0.29, 0.717) is 31.3 Å². The third-order valence-corrected chi connectivity index (χ3v) is 6.75. The highest BCUT2D eigenvalue weighted by Gasteiger charge is 2.43. The number of ether oxygens (including phenoxy) is 1. The molecule has 6 nitrogen and oxygen atoms in total. The van der Waals surface area contributed by atoms with E-state index in [1.807, 2.05) is 0 Å². The molecule has 1 aliphatic heterocycles. The monoisotopic (exact) mass is 329 g/mol. The van der Waals surface area contributed by atoms with E-state index in [9.17, 15) is 13.5 Å². The molecule has 0 radical (unpaired) electrons. The molecule has 0 spiro atoms. The van der Waals surface area contributed by atoms with E-state index >= 15 is 0 Å². The van der Waals surface area contributed by atoms with Crippen LogP contribution < -0.4 is 0 Å². The predicted octanol–water partition coefficient (Wildman–Crippen LogP) is 1.45. The molecule has 1 N–H and O–H groups in total. The second kappa shape index (κ2) is 5.96. The van der Waals surface area contributed by atoms with Gasteiger partial charge in [-0.25, -0.2) is 8.42 Å². The molecule has 124 valence electrons. The van der Waals surface area contributed by atoms with Crippen molar-refractivity contribution in [3.05, 3.63) is 17.6 Å². The zero-order valence-electron chi connectivity index (χ0n) is 13.0. The topological polar surface area (TPSA) is 80.0 Å². The van der Waals surface area contributed by atoms with Crippen molar-refractivity contribution in [2.45, 2.75) is 50.2 Å². The molecule has 1 aromatic rings. The molecule has 1 saturated carbocycles. The van der Waals surface area contributed by atoms with E-state index in [0.717, 1.165) is 19.3 Å². The van der Waals surface area contributed by atoms with Crippen molar-refractivity contribution in [2.75, 3.05) is 19.8 Å². The van der Waals surface area contributed by atoms with Gasteiger partial charge in [0.05, 0.1) is 25.4 Å². The number of sulfonamides is 1. The third-order valence-electron chi connectivity index (χ3n) is 4.72. The van der Waals surface area contributed by atoms with Gasteiger partial charge in [-0.2, -0.15) is 4.31 Å². The minimum absolute atomic E-state index is 0.0524. The van der Waals surface area contributed by atoms with Gasteiger partial charge in [-0.1, -0.05) is 6.42 Å². The van der Waals surface area contributed by atoms with Gasteiger partial charge < -0.3 is 14.3 Å². The average molecular weight is 329 g/mol. The number of morpholine rings is 1. The molecule has 0 aromatic carbocycles. The molecular formula is C15H23NO5S. The van der Waals surface area contributed by atoms with Crippen molar-refractivity contribution in [2.24, 2.45) is 5.92 Å². The SMILES string of the molecule is Cc1cc(S(=O)(=O)N2CCOCC2C2CCCC2O)c(C)o1. The van der Waals surface area contributed by atoms with Crippen LogP contribution in [0.1, 0.15) is 30.8 Å². The average Bonchev–Trinajstić information content (AvgIpc) is 3.04. The van der Waals surface area contributed by atoms with Crippen LogP contribution in [0.15, 0.2) is 15.4 Å². The van der Waals surface area contributed by atoms with Crippen molar-refractivity contribution < 1.29 is 22.7 Å². The molecule has 1 aromatic heterocycles. The highest BCUT2D eigenvalue weighted by molar-refractivity contribution is 7.89. The fraction of sp³-hybridized carbons (Fsp3) is 0.733. The normalized spacial score (nSPS) is 30.8. The van der Waals surface area contributed by atoms with Crippen LogP contribution in [0.2, 0.25) is 0 Å². The van der Waals surface area contributed by atoms with Crippen molar-refractivity contribution in [1.82, 2.24) is 4.31 Å². The van der Waals surface area contributed by atoms with Gasteiger partial charge >= 0.3 is 0 Å². The lowest BCUT2D eigenvalue weighted by Gasteiger charge is -2.38. The number of hydrogen-bond acceptors (Lipinski definition) is 5. The highest BCUT2D eigenvalue weighted by Crippen LogP contribution is 2.35. The molecule has 3 atom stereocenters. The largest absolute Gasteiger partial charge is 0.465 e. The standard InChI is InChI=1S/C15H23NO5S/c1-10-8-15(11(2)21-10)22(18,19)16-6-7-20-9-13(16)12-4-3-5-14(12)17/h8,12-14,17H,3-7,9H2,1-2H3. The van der Waals surface area contributed by atoms with Gasteiger partial charge in [0.15, 0.2) is 0 Å². The molecule has 3 rings (SSSR count). The van der Waals surface area contributed by atoms with Crippen LogP contribution in [0.3, 0.4) is 0 Å². The first-order valence-corrected chi connectivity index (χ1v) is 9.20.